The van der Waals surface area contributed by atoms with Gasteiger partial charge in [0.05, 0.1) is 0 Å². The predicted octanol–water partition coefficient (Wildman–Crippen LogP) is 6.49. The van der Waals surface area contributed by atoms with E-state index in [1.54, 1.807) is 54.6 Å². The van der Waals surface area contributed by atoms with Crippen LogP contribution in [0.4, 0.5) is 0 Å². The molecule has 4 aromatic rings. The van der Waals surface area contributed by atoms with E-state index in [0.717, 1.165) is 11.1 Å². The lowest BCUT2D eigenvalue weighted by Crippen LogP contribution is -1.68. The molecular weight excluding hydrogens is 388 g/mol. The molecule has 0 saturated carbocycles. The minimum Gasteiger partial charge on any atom is -0.508 e. The summed E-state index contributed by atoms with van der Waals surface area (Å²) >= 11 is 0. The molecule has 0 aromatic heterocycles. The molecule has 0 amide bonds. The minimum atomic E-state index is 0.322. The summed E-state index contributed by atoms with van der Waals surface area (Å²) in [6.07, 6.45) is 0. The fourth-order valence-corrected chi connectivity index (χ4v) is 2.16. The van der Waals surface area contributed by atoms with Crippen molar-refractivity contribution in [3.8, 4) is 23.0 Å². The highest BCUT2D eigenvalue weighted by Gasteiger charge is 1.87. The Balaban J connectivity index is 0.000000207. The third-order valence-electron chi connectivity index (χ3n) is 3.91. The Bertz CT molecular complexity index is 938. The van der Waals surface area contributed by atoms with E-state index >= 15 is 0 Å². The maximum atomic E-state index is 8.92. The van der Waals surface area contributed by atoms with Crippen LogP contribution in [0.3, 0.4) is 0 Å². The number of aromatic hydroxyl groups is 4. The first-order valence-corrected chi connectivity index (χ1v) is 9.78. The number of hydrogen-bond acceptors (Lipinski definition) is 4. The van der Waals surface area contributed by atoms with Gasteiger partial charge in [-0.3, -0.25) is 0 Å². The topological polar surface area (TPSA) is 80.9 Å². The molecular formula is C27H30O4. The fraction of sp³-hybridized carbons (Fsp3) is 0.111. The quantitative estimate of drug-likeness (QED) is 0.263. The molecule has 4 aromatic carbocycles. The molecule has 4 nitrogen and oxygen atoms in total. The van der Waals surface area contributed by atoms with Crippen LogP contribution in [0.2, 0.25) is 0 Å². The van der Waals surface area contributed by atoms with Crippen molar-refractivity contribution in [2.24, 2.45) is 0 Å². The Morgan fingerprint density at radius 3 is 1.29 bits per heavy atom. The van der Waals surface area contributed by atoms with Gasteiger partial charge in [0.15, 0.2) is 0 Å². The monoisotopic (exact) mass is 418 g/mol. The molecule has 0 bridgehead atoms. The lowest BCUT2D eigenvalue weighted by atomic mass is 10.2. The van der Waals surface area contributed by atoms with E-state index < -0.39 is 0 Å². The van der Waals surface area contributed by atoms with Crippen LogP contribution in [-0.2, 0) is 0 Å². The average Bonchev–Trinajstić information content (AvgIpc) is 2.74. The highest BCUT2D eigenvalue weighted by atomic mass is 16.3. The molecule has 0 heterocycles. The van der Waals surface area contributed by atoms with E-state index in [0.29, 0.717) is 23.0 Å². The lowest BCUT2D eigenvalue weighted by Gasteiger charge is -1.92. The molecule has 0 spiro atoms. The maximum absolute atomic E-state index is 8.92. The first-order chi connectivity index (χ1) is 14.8. The third kappa shape index (κ3) is 12.3. The van der Waals surface area contributed by atoms with Gasteiger partial charge in [0, 0.05) is 0 Å². The molecule has 4 heteroatoms. The van der Waals surface area contributed by atoms with Crippen molar-refractivity contribution in [3.05, 3.63) is 120 Å². The number of rotatable bonds is 0. The van der Waals surface area contributed by atoms with Crippen molar-refractivity contribution in [3.63, 3.8) is 0 Å². The molecule has 0 atom stereocenters. The van der Waals surface area contributed by atoms with Crippen LogP contribution < -0.4 is 0 Å². The molecule has 0 aliphatic heterocycles. The number of hydrogen-bond donors (Lipinski definition) is 4. The summed E-state index contributed by atoms with van der Waals surface area (Å²) in [6.45, 7) is 5.80. The number of benzene rings is 4. The van der Waals surface area contributed by atoms with E-state index in [1.807, 2.05) is 69.3 Å². The van der Waals surface area contributed by atoms with E-state index in [-0.39, 0.29) is 0 Å². The van der Waals surface area contributed by atoms with Crippen molar-refractivity contribution in [1.82, 2.24) is 0 Å². The van der Waals surface area contributed by atoms with Crippen LogP contribution in [0.1, 0.15) is 16.7 Å². The second-order valence-corrected chi connectivity index (χ2v) is 6.80. The molecule has 4 rings (SSSR count). The SMILES string of the molecule is Cc1ccc(O)cc1.Cc1cccc(O)c1.Cc1ccccc1O.Oc1ccccc1. The summed E-state index contributed by atoms with van der Waals surface area (Å²) in [7, 11) is 0. The van der Waals surface area contributed by atoms with Crippen LogP contribution in [0, 0.1) is 20.8 Å². The summed E-state index contributed by atoms with van der Waals surface area (Å²) < 4.78 is 0. The van der Waals surface area contributed by atoms with Crippen molar-refractivity contribution in [2.45, 2.75) is 20.8 Å². The molecule has 0 aliphatic carbocycles. The molecule has 31 heavy (non-hydrogen) atoms. The molecule has 0 radical (unpaired) electrons. The molecule has 162 valence electrons. The summed E-state index contributed by atoms with van der Waals surface area (Å²) in [5, 5.41) is 35.1. The second-order valence-electron chi connectivity index (χ2n) is 6.80. The van der Waals surface area contributed by atoms with Gasteiger partial charge in [-0.1, -0.05) is 66.2 Å². The highest BCUT2D eigenvalue weighted by Crippen LogP contribution is 2.12. The standard InChI is InChI=1S/3C7H8O.C6H6O/c1-6-2-4-7(8)5-3-6;1-6-3-2-4-7(8)5-6;1-6-4-2-3-5-7(6)8;7-6-4-2-1-3-5-6/h3*2-5,8H,1H3;1-5,7H. The smallest absolute Gasteiger partial charge is 0.118 e. The van der Waals surface area contributed by atoms with Gasteiger partial charge < -0.3 is 20.4 Å². The molecule has 0 saturated heterocycles. The summed E-state index contributed by atoms with van der Waals surface area (Å²) in [4.78, 5) is 0. The van der Waals surface area contributed by atoms with Crippen molar-refractivity contribution < 1.29 is 20.4 Å². The van der Waals surface area contributed by atoms with Crippen LogP contribution in [-0.4, -0.2) is 20.4 Å². The van der Waals surface area contributed by atoms with Gasteiger partial charge in [-0.15, -0.1) is 0 Å². The van der Waals surface area contributed by atoms with Crippen LogP contribution >= 0.6 is 0 Å². The second kappa shape index (κ2) is 14.1. The minimum absolute atomic E-state index is 0.322. The first kappa shape index (κ1) is 25.1. The first-order valence-electron chi connectivity index (χ1n) is 9.78. The predicted molar refractivity (Wildman–Crippen MR) is 127 cm³/mol. The molecule has 0 aliphatic rings. The molecule has 0 unspecified atom stereocenters. The van der Waals surface area contributed by atoms with Crippen LogP contribution in [0.25, 0.3) is 0 Å². The fourth-order valence-electron chi connectivity index (χ4n) is 2.16. The van der Waals surface area contributed by atoms with E-state index in [4.69, 9.17) is 20.4 Å². The number of aryl methyl sites for hydroxylation is 3. The Kier molecular flexibility index (Phi) is 11.4. The van der Waals surface area contributed by atoms with E-state index in [2.05, 4.69) is 0 Å². The maximum Gasteiger partial charge on any atom is 0.118 e. The number of phenols is 4. The third-order valence-corrected chi connectivity index (χ3v) is 3.91. The zero-order valence-electron chi connectivity index (χ0n) is 18.1. The van der Waals surface area contributed by atoms with E-state index in [1.165, 1.54) is 5.56 Å². The average molecular weight is 419 g/mol. The van der Waals surface area contributed by atoms with Crippen molar-refractivity contribution in [2.75, 3.05) is 0 Å². The number of phenolic OH excluding ortho intramolecular Hbond substituents is 4. The zero-order chi connectivity index (χ0) is 23.1. The van der Waals surface area contributed by atoms with E-state index in [9.17, 15) is 0 Å². The largest absolute Gasteiger partial charge is 0.508 e. The van der Waals surface area contributed by atoms with Crippen LogP contribution in [0.15, 0.2) is 103 Å². The Hall–Kier alpha value is -3.92. The zero-order valence-corrected chi connectivity index (χ0v) is 18.1. The van der Waals surface area contributed by atoms with Gasteiger partial charge in [-0.05, 0) is 74.4 Å². The summed E-state index contributed by atoms with van der Waals surface area (Å²) in [5.74, 6) is 1.36. The highest BCUT2D eigenvalue weighted by molar-refractivity contribution is 5.30. The Morgan fingerprint density at radius 2 is 0.935 bits per heavy atom. The molecule has 4 N–H and O–H groups in total. The normalized spacial score (nSPS) is 9.00. The summed E-state index contributed by atoms with van der Waals surface area (Å²) in [5.41, 5.74) is 3.18. The Morgan fingerprint density at radius 1 is 0.419 bits per heavy atom. The van der Waals surface area contributed by atoms with Crippen molar-refractivity contribution >= 4 is 0 Å². The van der Waals surface area contributed by atoms with Gasteiger partial charge in [-0.2, -0.15) is 0 Å². The lowest BCUT2D eigenvalue weighted by molar-refractivity contribution is 0.471. The van der Waals surface area contributed by atoms with Gasteiger partial charge in [0.2, 0.25) is 0 Å². The summed E-state index contributed by atoms with van der Waals surface area (Å²) in [6, 6.07) is 30.2. The number of para-hydroxylation sites is 2. The van der Waals surface area contributed by atoms with Gasteiger partial charge in [0.25, 0.3) is 0 Å². The van der Waals surface area contributed by atoms with Crippen molar-refractivity contribution in [1.29, 1.82) is 0 Å². The van der Waals surface area contributed by atoms with Gasteiger partial charge >= 0.3 is 0 Å². The van der Waals surface area contributed by atoms with Gasteiger partial charge in [0.1, 0.15) is 23.0 Å². The molecule has 0 fully saturated rings. The van der Waals surface area contributed by atoms with Crippen LogP contribution in [0.5, 0.6) is 23.0 Å². The Labute approximate surface area is 184 Å². The van der Waals surface area contributed by atoms with Gasteiger partial charge in [-0.25, -0.2) is 0 Å².